The lowest BCUT2D eigenvalue weighted by molar-refractivity contribution is -0.144. The van der Waals surface area contributed by atoms with Gasteiger partial charge < -0.3 is 29.4 Å². The fourth-order valence-corrected chi connectivity index (χ4v) is 6.42. The van der Waals surface area contributed by atoms with E-state index in [4.69, 9.17) is 18.9 Å². The molecule has 2 N–H and O–H groups in total. The van der Waals surface area contributed by atoms with Crippen LogP contribution in [-0.4, -0.2) is 61.1 Å². The number of para-hydroxylation sites is 1. The number of likely N-dealkylation sites (tertiary alicyclic amines) is 1. The largest absolute Gasteiger partial charge is 0.491 e. The van der Waals surface area contributed by atoms with Crippen LogP contribution in [0, 0.1) is 24.7 Å². The van der Waals surface area contributed by atoms with Crippen LogP contribution >= 0.6 is 0 Å². The highest BCUT2D eigenvalue weighted by Crippen LogP contribution is 2.47. The van der Waals surface area contributed by atoms with E-state index < -0.39 is 17.9 Å². The maximum absolute atomic E-state index is 13.5. The summed E-state index contributed by atoms with van der Waals surface area (Å²) in [4.78, 5) is 28.5. The van der Waals surface area contributed by atoms with Crippen LogP contribution in [0.5, 0.6) is 5.75 Å². The Labute approximate surface area is 253 Å². The van der Waals surface area contributed by atoms with Gasteiger partial charge in [0, 0.05) is 18.3 Å². The molecular weight excluding hydrogens is 548 g/mol. The molecule has 0 saturated carbocycles. The van der Waals surface area contributed by atoms with E-state index in [-0.39, 0.29) is 37.2 Å². The lowest BCUT2D eigenvalue weighted by Gasteiger charge is -2.28. The zero-order valence-corrected chi connectivity index (χ0v) is 25.4. The molecule has 0 spiro atoms. The fraction of sp³-hybridized carbons (Fsp3) is 0.471. The molecule has 0 bridgehead atoms. The van der Waals surface area contributed by atoms with Crippen molar-refractivity contribution in [2.75, 3.05) is 38.4 Å². The number of carboxylic acids is 1. The Morgan fingerprint density at radius 3 is 2.58 bits per heavy atom. The van der Waals surface area contributed by atoms with Crippen molar-refractivity contribution in [3.8, 4) is 5.75 Å². The van der Waals surface area contributed by atoms with Gasteiger partial charge in [0.2, 0.25) is 12.7 Å². The lowest BCUT2D eigenvalue weighted by Crippen LogP contribution is -2.35. The molecule has 2 heterocycles. The van der Waals surface area contributed by atoms with Gasteiger partial charge in [0.1, 0.15) is 12.4 Å². The SMILES string of the molecule is CCc1cccc(C)c1NC(=O)CN1C[C@H](C2C=C3OCOC3=CC2)[C@@H](C(=O)O)[C@@H]1c1ccc(OCCOC(C)C)cc1. The van der Waals surface area contributed by atoms with Crippen molar-refractivity contribution in [3.63, 3.8) is 0 Å². The van der Waals surface area contributed by atoms with Crippen molar-refractivity contribution in [2.45, 2.75) is 52.7 Å². The van der Waals surface area contributed by atoms with E-state index in [1.165, 1.54) is 0 Å². The highest BCUT2D eigenvalue weighted by molar-refractivity contribution is 5.94. The van der Waals surface area contributed by atoms with Crippen molar-refractivity contribution in [3.05, 3.63) is 82.8 Å². The van der Waals surface area contributed by atoms with E-state index in [0.717, 1.165) is 28.8 Å². The first-order valence-corrected chi connectivity index (χ1v) is 15.1. The van der Waals surface area contributed by atoms with Crippen LogP contribution in [0.4, 0.5) is 5.69 Å². The third-order valence-electron chi connectivity index (χ3n) is 8.46. The van der Waals surface area contributed by atoms with Gasteiger partial charge in [-0.2, -0.15) is 0 Å². The molecule has 230 valence electrons. The molecule has 9 heteroatoms. The number of carboxylic acid groups (broad SMARTS) is 1. The van der Waals surface area contributed by atoms with Crippen LogP contribution < -0.4 is 10.1 Å². The number of hydrogen-bond acceptors (Lipinski definition) is 7. The van der Waals surface area contributed by atoms with E-state index in [9.17, 15) is 14.7 Å². The number of benzene rings is 2. The van der Waals surface area contributed by atoms with E-state index >= 15 is 0 Å². The first-order chi connectivity index (χ1) is 20.7. The Balaban J connectivity index is 1.40. The van der Waals surface area contributed by atoms with Gasteiger partial charge in [-0.1, -0.05) is 37.3 Å². The maximum atomic E-state index is 13.5. The Bertz CT molecular complexity index is 1370. The third kappa shape index (κ3) is 7.05. The van der Waals surface area contributed by atoms with E-state index in [1.54, 1.807) is 0 Å². The van der Waals surface area contributed by atoms with Crippen molar-refractivity contribution < 1.29 is 33.6 Å². The smallest absolute Gasteiger partial charge is 0.308 e. The second-order valence-electron chi connectivity index (χ2n) is 11.7. The molecule has 0 radical (unpaired) electrons. The average molecular weight is 591 g/mol. The number of hydrogen-bond donors (Lipinski definition) is 2. The maximum Gasteiger partial charge on any atom is 0.308 e. The van der Waals surface area contributed by atoms with Gasteiger partial charge in [-0.15, -0.1) is 0 Å². The highest BCUT2D eigenvalue weighted by Gasteiger charge is 2.50. The van der Waals surface area contributed by atoms with E-state index in [1.807, 2.05) is 80.3 Å². The van der Waals surface area contributed by atoms with Crippen LogP contribution in [-0.2, 0) is 30.2 Å². The minimum Gasteiger partial charge on any atom is -0.491 e. The molecule has 43 heavy (non-hydrogen) atoms. The van der Waals surface area contributed by atoms with Gasteiger partial charge in [0.05, 0.1) is 25.2 Å². The zero-order valence-electron chi connectivity index (χ0n) is 25.4. The molecule has 0 aromatic heterocycles. The van der Waals surface area contributed by atoms with Crippen LogP contribution in [0.2, 0.25) is 0 Å². The van der Waals surface area contributed by atoms with Gasteiger partial charge in [0.25, 0.3) is 0 Å². The number of ether oxygens (including phenoxy) is 4. The summed E-state index contributed by atoms with van der Waals surface area (Å²) in [5.41, 5.74) is 3.72. The molecule has 2 fully saturated rings. The molecular formula is C34H42N2O7. The quantitative estimate of drug-likeness (QED) is 0.314. The highest BCUT2D eigenvalue weighted by atomic mass is 16.7. The number of aryl methyl sites for hydroxylation is 2. The van der Waals surface area contributed by atoms with Crippen molar-refractivity contribution in [1.29, 1.82) is 0 Å². The number of anilines is 1. The molecule has 1 amide bonds. The van der Waals surface area contributed by atoms with Crippen molar-refractivity contribution in [1.82, 2.24) is 4.90 Å². The van der Waals surface area contributed by atoms with Gasteiger partial charge in [0.15, 0.2) is 11.5 Å². The van der Waals surface area contributed by atoms with Gasteiger partial charge in [-0.05, 0) is 86.4 Å². The minimum atomic E-state index is -0.881. The van der Waals surface area contributed by atoms with Crippen LogP contribution in [0.25, 0.3) is 0 Å². The topological polar surface area (TPSA) is 107 Å². The molecule has 3 aliphatic rings. The van der Waals surface area contributed by atoms with E-state index in [0.29, 0.717) is 43.4 Å². The number of aliphatic carboxylic acids is 1. The average Bonchev–Trinajstić information content (AvgIpc) is 3.61. The number of nitrogens with zero attached hydrogens (tertiary/aromatic N) is 1. The summed E-state index contributed by atoms with van der Waals surface area (Å²) >= 11 is 0. The predicted octanol–water partition coefficient (Wildman–Crippen LogP) is 5.47. The summed E-state index contributed by atoms with van der Waals surface area (Å²) in [6.45, 7) is 9.59. The molecule has 2 aromatic rings. The number of carbonyl (C=O) groups is 2. The Morgan fingerprint density at radius 2 is 1.86 bits per heavy atom. The summed E-state index contributed by atoms with van der Waals surface area (Å²) in [6.07, 6.45) is 5.56. The first kappa shape index (κ1) is 30.6. The number of fused-ring (bicyclic) bond motifs is 1. The number of allylic oxidation sites excluding steroid dienone is 2. The zero-order chi connectivity index (χ0) is 30.5. The van der Waals surface area contributed by atoms with Gasteiger partial charge >= 0.3 is 5.97 Å². The molecule has 2 aliphatic heterocycles. The second kappa shape index (κ2) is 13.7. The number of nitrogens with one attached hydrogen (secondary N) is 1. The molecule has 4 atom stereocenters. The Hall–Kier alpha value is -3.82. The fourth-order valence-electron chi connectivity index (χ4n) is 6.42. The van der Waals surface area contributed by atoms with Crippen molar-refractivity contribution in [2.24, 2.45) is 17.8 Å². The first-order valence-electron chi connectivity index (χ1n) is 15.1. The van der Waals surface area contributed by atoms with Crippen LogP contribution in [0.15, 0.2) is 66.1 Å². The predicted molar refractivity (Wildman–Crippen MR) is 162 cm³/mol. The van der Waals surface area contributed by atoms with Crippen LogP contribution in [0.1, 0.15) is 49.9 Å². The van der Waals surface area contributed by atoms with Crippen LogP contribution in [0.3, 0.4) is 0 Å². The molecule has 1 unspecified atom stereocenters. The minimum absolute atomic E-state index is 0.0660. The summed E-state index contributed by atoms with van der Waals surface area (Å²) in [7, 11) is 0. The molecule has 2 saturated heterocycles. The Kier molecular flexibility index (Phi) is 9.72. The number of rotatable bonds is 12. The molecule has 1 aliphatic carbocycles. The van der Waals surface area contributed by atoms with Gasteiger partial charge in [-0.25, -0.2) is 0 Å². The summed E-state index contributed by atoms with van der Waals surface area (Å²) in [5.74, 6) is -0.0174. The van der Waals surface area contributed by atoms with Crippen molar-refractivity contribution >= 4 is 17.6 Å². The van der Waals surface area contributed by atoms with E-state index in [2.05, 4.69) is 12.2 Å². The summed E-state index contributed by atoms with van der Waals surface area (Å²) < 4.78 is 22.6. The Morgan fingerprint density at radius 1 is 1.09 bits per heavy atom. The molecule has 9 nitrogen and oxygen atoms in total. The second-order valence-corrected chi connectivity index (χ2v) is 11.7. The molecule has 5 rings (SSSR count). The number of carbonyl (C=O) groups excluding carboxylic acids is 1. The third-order valence-corrected chi connectivity index (χ3v) is 8.46. The molecule has 2 aromatic carbocycles. The normalized spacial score (nSPS) is 23.2. The monoisotopic (exact) mass is 590 g/mol. The van der Waals surface area contributed by atoms with Gasteiger partial charge in [-0.3, -0.25) is 14.5 Å². The standard InChI is InChI=1S/C34H42N2O7/c1-5-23-8-6-7-22(4)32(23)35-30(37)19-36-18-27(25-11-14-28-29(17-25)43-20-42-28)31(34(38)39)33(36)24-9-12-26(13-10-24)41-16-15-40-21(2)3/h6-10,12-14,17,21,25,27,31,33H,5,11,15-16,18-20H2,1-4H3,(H,35,37)(H,38,39)/t25?,27-,31-,33+/m1/s1. The lowest BCUT2D eigenvalue weighted by atomic mass is 9.76. The summed E-state index contributed by atoms with van der Waals surface area (Å²) in [5, 5.41) is 13.7. The number of amides is 1. The summed E-state index contributed by atoms with van der Waals surface area (Å²) in [6, 6.07) is 13.0.